The van der Waals surface area contributed by atoms with Crippen molar-refractivity contribution in [3.05, 3.63) is 0 Å². The topological polar surface area (TPSA) is 29.1 Å². The van der Waals surface area contributed by atoms with Crippen LogP contribution in [-0.2, 0) is 4.79 Å². The minimum atomic E-state index is 0.174. The smallest absolute Gasteiger partial charge is 0.219 e. The quantitative estimate of drug-likeness (QED) is 0.569. The van der Waals surface area contributed by atoms with Crippen LogP contribution in [-0.4, -0.2) is 24.0 Å². The first kappa shape index (κ1) is 11.2. The van der Waals surface area contributed by atoms with Gasteiger partial charge in [-0.25, -0.2) is 0 Å². The lowest BCUT2D eigenvalue weighted by Crippen LogP contribution is -2.17. The number of nitrogens with one attached hydrogen (secondary N) is 1. The third kappa shape index (κ3) is 4.81. The van der Waals surface area contributed by atoms with E-state index in [1.165, 1.54) is 25.0 Å². The van der Waals surface area contributed by atoms with E-state index in [9.17, 15) is 4.79 Å². The monoisotopic (exact) mass is 219 g/mol. The van der Waals surface area contributed by atoms with Gasteiger partial charge < -0.3 is 5.32 Å². The maximum absolute atomic E-state index is 10.9. The Balaban J connectivity index is 1.91. The van der Waals surface area contributed by atoms with Crippen LogP contribution in [0.4, 0.5) is 0 Å². The number of unbranched alkanes of at least 4 members (excludes halogenated alkanes) is 1. The summed E-state index contributed by atoms with van der Waals surface area (Å²) in [4.78, 5) is 10.9. The number of hydrogen-bond acceptors (Lipinski definition) is 3. The van der Waals surface area contributed by atoms with Crippen LogP contribution in [0.1, 0.15) is 32.1 Å². The largest absolute Gasteiger partial charge is 0.359 e. The molecule has 0 unspecified atom stereocenters. The molecule has 2 nitrogen and oxygen atoms in total. The van der Waals surface area contributed by atoms with Gasteiger partial charge in [0.1, 0.15) is 0 Å². The van der Waals surface area contributed by atoms with Crippen molar-refractivity contribution < 1.29 is 4.79 Å². The van der Waals surface area contributed by atoms with E-state index in [4.69, 9.17) is 0 Å². The average Bonchev–Trinajstić information content (AvgIpc) is 2.64. The van der Waals surface area contributed by atoms with Gasteiger partial charge in [-0.05, 0) is 19.3 Å². The van der Waals surface area contributed by atoms with Crippen LogP contribution in [0, 0.1) is 0 Å². The van der Waals surface area contributed by atoms with Crippen LogP contribution >= 0.6 is 21.6 Å². The Morgan fingerprint density at radius 1 is 1.54 bits per heavy atom. The Morgan fingerprint density at radius 2 is 2.38 bits per heavy atom. The molecule has 0 spiro atoms. The van der Waals surface area contributed by atoms with Gasteiger partial charge in [-0.1, -0.05) is 28.0 Å². The molecule has 0 radical (unpaired) electrons. The summed E-state index contributed by atoms with van der Waals surface area (Å²) in [6.07, 6.45) is 5.58. The molecule has 1 rings (SSSR count). The molecular formula is C9H17NOS2. The molecule has 1 atom stereocenters. The molecule has 0 bridgehead atoms. The van der Waals surface area contributed by atoms with Gasteiger partial charge in [0.15, 0.2) is 0 Å². The van der Waals surface area contributed by atoms with E-state index < -0.39 is 0 Å². The number of carbonyl (C=O) groups excluding carboxylic acids is 1. The van der Waals surface area contributed by atoms with Crippen LogP contribution < -0.4 is 5.32 Å². The predicted octanol–water partition coefficient (Wildman–Crippen LogP) is 2.45. The van der Waals surface area contributed by atoms with Crippen molar-refractivity contribution in [2.45, 2.75) is 37.4 Å². The highest BCUT2D eigenvalue weighted by molar-refractivity contribution is 8.77. The van der Waals surface area contributed by atoms with E-state index >= 15 is 0 Å². The second kappa shape index (κ2) is 6.60. The number of carbonyl (C=O) groups is 1. The number of hydrogen-bond donors (Lipinski definition) is 1. The molecule has 1 amide bonds. The first-order valence-corrected chi connectivity index (χ1v) is 7.20. The van der Waals surface area contributed by atoms with Crippen molar-refractivity contribution >= 4 is 27.5 Å². The van der Waals surface area contributed by atoms with Crippen LogP contribution in [0.15, 0.2) is 0 Å². The molecule has 1 fully saturated rings. The fourth-order valence-electron chi connectivity index (χ4n) is 1.35. The third-order valence-electron chi connectivity index (χ3n) is 2.19. The minimum Gasteiger partial charge on any atom is -0.359 e. The van der Waals surface area contributed by atoms with Crippen molar-refractivity contribution in [3.63, 3.8) is 0 Å². The Labute approximate surface area is 88.0 Å². The minimum absolute atomic E-state index is 0.174. The predicted molar refractivity (Wildman–Crippen MR) is 61.0 cm³/mol. The van der Waals surface area contributed by atoms with Crippen molar-refractivity contribution in [3.8, 4) is 0 Å². The zero-order valence-electron chi connectivity index (χ0n) is 8.04. The van der Waals surface area contributed by atoms with Gasteiger partial charge in [0.25, 0.3) is 0 Å². The molecule has 0 aromatic carbocycles. The summed E-state index contributed by atoms with van der Waals surface area (Å²) in [5.74, 6) is 1.48. The second-order valence-electron chi connectivity index (χ2n) is 3.25. The summed E-state index contributed by atoms with van der Waals surface area (Å²) in [5, 5.41) is 3.50. The fourth-order valence-corrected chi connectivity index (χ4v) is 4.37. The highest BCUT2D eigenvalue weighted by atomic mass is 33.1. The molecule has 0 aromatic heterocycles. The van der Waals surface area contributed by atoms with Crippen LogP contribution in [0.3, 0.4) is 0 Å². The summed E-state index contributed by atoms with van der Waals surface area (Å²) >= 11 is 0. The van der Waals surface area contributed by atoms with E-state index in [0.717, 1.165) is 11.7 Å². The number of amides is 1. The average molecular weight is 219 g/mol. The molecule has 1 saturated heterocycles. The Morgan fingerprint density at radius 3 is 3.00 bits per heavy atom. The Kier molecular flexibility index (Phi) is 5.71. The molecule has 76 valence electrons. The maximum atomic E-state index is 10.9. The normalized spacial score (nSPS) is 21.8. The van der Waals surface area contributed by atoms with E-state index in [0.29, 0.717) is 6.42 Å². The fraction of sp³-hybridized carbons (Fsp3) is 0.889. The van der Waals surface area contributed by atoms with Crippen LogP contribution in [0.2, 0.25) is 0 Å². The highest BCUT2D eigenvalue weighted by Gasteiger charge is 2.15. The molecule has 0 aliphatic carbocycles. The second-order valence-corrected chi connectivity index (χ2v) is 6.04. The van der Waals surface area contributed by atoms with E-state index in [1.807, 2.05) is 21.6 Å². The molecular weight excluding hydrogens is 202 g/mol. The maximum Gasteiger partial charge on any atom is 0.219 e. The lowest BCUT2D eigenvalue weighted by Gasteiger charge is -2.05. The summed E-state index contributed by atoms with van der Waals surface area (Å²) in [6, 6.07) is 0. The third-order valence-corrected chi connectivity index (χ3v) is 5.19. The first-order valence-electron chi connectivity index (χ1n) is 4.82. The summed E-state index contributed by atoms with van der Waals surface area (Å²) in [5.41, 5.74) is 0. The molecule has 1 N–H and O–H groups in total. The molecule has 0 saturated carbocycles. The van der Waals surface area contributed by atoms with E-state index in [-0.39, 0.29) is 5.91 Å². The van der Waals surface area contributed by atoms with Gasteiger partial charge in [-0.2, -0.15) is 0 Å². The van der Waals surface area contributed by atoms with E-state index in [2.05, 4.69) is 5.32 Å². The molecule has 4 heteroatoms. The van der Waals surface area contributed by atoms with Crippen LogP contribution in [0.25, 0.3) is 0 Å². The Bertz CT molecular complexity index is 158. The van der Waals surface area contributed by atoms with Gasteiger partial charge in [0.2, 0.25) is 5.91 Å². The van der Waals surface area contributed by atoms with Gasteiger partial charge >= 0.3 is 0 Å². The summed E-state index contributed by atoms with van der Waals surface area (Å²) in [6.45, 7) is 0. The van der Waals surface area contributed by atoms with E-state index in [1.54, 1.807) is 7.05 Å². The van der Waals surface area contributed by atoms with Crippen molar-refractivity contribution in [2.24, 2.45) is 0 Å². The summed E-state index contributed by atoms with van der Waals surface area (Å²) in [7, 11) is 5.71. The zero-order chi connectivity index (χ0) is 9.52. The summed E-state index contributed by atoms with van der Waals surface area (Å²) < 4.78 is 0. The van der Waals surface area contributed by atoms with Crippen molar-refractivity contribution in [2.75, 3.05) is 12.8 Å². The molecule has 1 heterocycles. The van der Waals surface area contributed by atoms with Gasteiger partial charge in [-0.3, -0.25) is 4.79 Å². The highest BCUT2D eigenvalue weighted by Crippen LogP contribution is 2.39. The SMILES string of the molecule is CNC(=O)CCCC[C@@H]1CCSS1. The van der Waals surface area contributed by atoms with Crippen molar-refractivity contribution in [1.82, 2.24) is 5.32 Å². The molecule has 1 aliphatic rings. The number of rotatable bonds is 5. The Hall–Kier alpha value is 0.170. The lowest BCUT2D eigenvalue weighted by atomic mass is 10.1. The van der Waals surface area contributed by atoms with Crippen molar-refractivity contribution in [1.29, 1.82) is 0 Å². The zero-order valence-corrected chi connectivity index (χ0v) is 9.68. The van der Waals surface area contributed by atoms with Gasteiger partial charge in [0.05, 0.1) is 0 Å². The van der Waals surface area contributed by atoms with Crippen LogP contribution in [0.5, 0.6) is 0 Å². The standard InChI is InChI=1S/C9H17NOS2/c1-10-9(11)5-3-2-4-8-6-7-12-13-8/h8H,2-7H2,1H3,(H,10,11)/t8-/m1/s1. The first-order chi connectivity index (χ1) is 6.33. The molecule has 13 heavy (non-hydrogen) atoms. The molecule has 1 aliphatic heterocycles. The molecule has 0 aromatic rings. The van der Waals surface area contributed by atoms with Gasteiger partial charge in [0, 0.05) is 24.5 Å². The lowest BCUT2D eigenvalue weighted by molar-refractivity contribution is -0.120. The van der Waals surface area contributed by atoms with Gasteiger partial charge in [-0.15, -0.1) is 0 Å².